The maximum atomic E-state index is 12.5. The molecule has 0 fully saturated rings. The minimum Gasteiger partial charge on any atom is -0.355 e. The van der Waals surface area contributed by atoms with E-state index in [2.05, 4.69) is 15.5 Å². The van der Waals surface area contributed by atoms with E-state index in [0.717, 1.165) is 20.7 Å². The van der Waals surface area contributed by atoms with Crippen molar-refractivity contribution >= 4 is 46.7 Å². The summed E-state index contributed by atoms with van der Waals surface area (Å²) < 4.78 is 1.48. The number of thioether (sulfide) groups is 2. The molecular weight excluding hydrogens is 400 g/mol. The summed E-state index contributed by atoms with van der Waals surface area (Å²) in [5, 5.41) is 11.0. The average molecular weight is 425 g/mol. The molecule has 0 saturated carbocycles. The van der Waals surface area contributed by atoms with Gasteiger partial charge in [-0.3, -0.25) is 9.59 Å². The van der Waals surface area contributed by atoms with E-state index >= 15 is 0 Å². The van der Waals surface area contributed by atoms with E-state index in [-0.39, 0.29) is 17.9 Å². The van der Waals surface area contributed by atoms with Crippen LogP contribution >= 0.6 is 34.9 Å². The number of amides is 2. The summed E-state index contributed by atoms with van der Waals surface area (Å²) >= 11 is 4.16. The zero-order chi connectivity index (χ0) is 19.6. The lowest BCUT2D eigenvalue weighted by atomic mass is 10.1. The van der Waals surface area contributed by atoms with Gasteiger partial charge in [-0.2, -0.15) is 0 Å². The lowest BCUT2D eigenvalue weighted by Crippen LogP contribution is -2.31. The Bertz CT molecular complexity index is 739. The van der Waals surface area contributed by atoms with Crippen molar-refractivity contribution < 1.29 is 9.59 Å². The van der Waals surface area contributed by atoms with E-state index in [0.29, 0.717) is 18.1 Å². The number of nitrogens with one attached hydrogen (secondary N) is 1. The van der Waals surface area contributed by atoms with Crippen LogP contribution in [-0.4, -0.2) is 52.0 Å². The first-order valence-corrected chi connectivity index (χ1v) is 11.5. The molecule has 0 aliphatic rings. The van der Waals surface area contributed by atoms with E-state index in [9.17, 15) is 9.59 Å². The first kappa shape index (κ1) is 21.7. The van der Waals surface area contributed by atoms with E-state index in [1.165, 1.54) is 34.9 Å². The Morgan fingerprint density at radius 3 is 2.41 bits per heavy atom. The molecule has 1 heterocycles. The molecule has 0 aliphatic heterocycles. The zero-order valence-electron chi connectivity index (χ0n) is 15.7. The SMILES string of the molecule is CCCNC(=O)CSc1nnc(SCC(=O)N(C)C(C)c2ccccc2)s1. The number of carbonyl (C=O) groups is 2. The lowest BCUT2D eigenvalue weighted by Gasteiger charge is -2.25. The van der Waals surface area contributed by atoms with Crippen LogP contribution in [0.5, 0.6) is 0 Å². The molecule has 1 aromatic heterocycles. The van der Waals surface area contributed by atoms with Crippen molar-refractivity contribution in [1.29, 1.82) is 0 Å². The van der Waals surface area contributed by atoms with Crippen LogP contribution in [0.4, 0.5) is 0 Å². The minimum atomic E-state index is -0.00189. The Labute approximate surface area is 172 Å². The first-order valence-electron chi connectivity index (χ1n) is 8.67. The Hall–Kier alpha value is -1.58. The monoisotopic (exact) mass is 424 g/mol. The molecule has 1 aromatic carbocycles. The lowest BCUT2D eigenvalue weighted by molar-refractivity contribution is -0.129. The minimum absolute atomic E-state index is 0.00189. The van der Waals surface area contributed by atoms with Crippen LogP contribution in [-0.2, 0) is 9.59 Å². The summed E-state index contributed by atoms with van der Waals surface area (Å²) in [5.41, 5.74) is 1.11. The molecule has 0 spiro atoms. The summed E-state index contributed by atoms with van der Waals surface area (Å²) in [6.07, 6.45) is 0.918. The average Bonchev–Trinajstić information content (AvgIpc) is 3.16. The maximum absolute atomic E-state index is 12.5. The predicted octanol–water partition coefficient (Wildman–Crippen LogP) is 3.47. The number of hydrogen-bond donors (Lipinski definition) is 1. The normalized spacial score (nSPS) is 11.8. The highest BCUT2D eigenvalue weighted by atomic mass is 32.2. The Morgan fingerprint density at radius 1 is 1.15 bits per heavy atom. The molecule has 2 amide bonds. The predicted molar refractivity (Wildman–Crippen MR) is 112 cm³/mol. The van der Waals surface area contributed by atoms with Gasteiger partial charge in [0.2, 0.25) is 11.8 Å². The van der Waals surface area contributed by atoms with Gasteiger partial charge in [0.1, 0.15) is 0 Å². The highest BCUT2D eigenvalue weighted by molar-refractivity contribution is 8.03. The topological polar surface area (TPSA) is 75.2 Å². The van der Waals surface area contributed by atoms with Gasteiger partial charge < -0.3 is 10.2 Å². The molecular formula is C18H24N4O2S3. The fraction of sp³-hybridized carbons (Fsp3) is 0.444. The fourth-order valence-corrected chi connectivity index (χ4v) is 4.93. The van der Waals surface area contributed by atoms with Crippen molar-refractivity contribution in [3.05, 3.63) is 35.9 Å². The molecule has 6 nitrogen and oxygen atoms in total. The van der Waals surface area contributed by atoms with Crippen LogP contribution in [0.25, 0.3) is 0 Å². The van der Waals surface area contributed by atoms with Gasteiger partial charge in [0.25, 0.3) is 0 Å². The van der Waals surface area contributed by atoms with Crippen molar-refractivity contribution in [2.24, 2.45) is 0 Å². The van der Waals surface area contributed by atoms with Crippen molar-refractivity contribution in [1.82, 2.24) is 20.4 Å². The highest BCUT2D eigenvalue weighted by Gasteiger charge is 2.18. The maximum Gasteiger partial charge on any atom is 0.233 e. The van der Waals surface area contributed by atoms with Crippen LogP contribution in [0, 0.1) is 0 Å². The van der Waals surface area contributed by atoms with Crippen LogP contribution in [0.15, 0.2) is 39.0 Å². The van der Waals surface area contributed by atoms with Crippen LogP contribution in [0.1, 0.15) is 31.9 Å². The molecule has 27 heavy (non-hydrogen) atoms. The van der Waals surface area contributed by atoms with Crippen LogP contribution in [0.2, 0.25) is 0 Å². The standard InChI is InChI=1S/C18H24N4O2S3/c1-4-10-19-15(23)11-25-17-20-21-18(27-17)26-12-16(24)22(3)13(2)14-8-6-5-7-9-14/h5-9,13H,4,10-12H2,1-3H3,(H,19,23). The number of carbonyl (C=O) groups excluding carboxylic acids is 2. The summed E-state index contributed by atoms with van der Waals surface area (Å²) in [6.45, 7) is 4.72. The molecule has 146 valence electrons. The highest BCUT2D eigenvalue weighted by Crippen LogP contribution is 2.29. The first-order chi connectivity index (χ1) is 13.0. The van der Waals surface area contributed by atoms with Gasteiger partial charge in [-0.05, 0) is 18.9 Å². The Morgan fingerprint density at radius 2 is 1.78 bits per heavy atom. The van der Waals surface area contributed by atoms with Gasteiger partial charge in [-0.1, -0.05) is 72.1 Å². The molecule has 1 N–H and O–H groups in total. The van der Waals surface area contributed by atoms with Gasteiger partial charge in [0.05, 0.1) is 17.5 Å². The van der Waals surface area contributed by atoms with E-state index in [4.69, 9.17) is 0 Å². The van der Waals surface area contributed by atoms with E-state index < -0.39 is 0 Å². The van der Waals surface area contributed by atoms with E-state index in [1.54, 1.807) is 4.90 Å². The molecule has 9 heteroatoms. The molecule has 1 atom stereocenters. The smallest absolute Gasteiger partial charge is 0.233 e. The fourth-order valence-electron chi connectivity index (χ4n) is 2.15. The van der Waals surface area contributed by atoms with Crippen molar-refractivity contribution in [2.45, 2.75) is 35.0 Å². The molecule has 1 unspecified atom stereocenters. The van der Waals surface area contributed by atoms with Gasteiger partial charge >= 0.3 is 0 Å². The zero-order valence-corrected chi connectivity index (χ0v) is 18.1. The summed E-state index contributed by atoms with van der Waals surface area (Å²) in [4.78, 5) is 25.8. The summed E-state index contributed by atoms with van der Waals surface area (Å²) in [7, 11) is 1.82. The van der Waals surface area contributed by atoms with Gasteiger partial charge in [0, 0.05) is 13.6 Å². The van der Waals surface area contributed by atoms with Crippen LogP contribution in [0.3, 0.4) is 0 Å². The van der Waals surface area contributed by atoms with Crippen LogP contribution < -0.4 is 5.32 Å². The second-order valence-corrected chi connectivity index (χ2v) is 9.27. The van der Waals surface area contributed by atoms with Crippen molar-refractivity contribution in [3.8, 4) is 0 Å². The van der Waals surface area contributed by atoms with Crippen molar-refractivity contribution in [2.75, 3.05) is 25.1 Å². The number of rotatable bonds is 10. The van der Waals surface area contributed by atoms with Gasteiger partial charge in [-0.15, -0.1) is 10.2 Å². The largest absolute Gasteiger partial charge is 0.355 e. The third kappa shape index (κ3) is 7.15. The summed E-state index contributed by atoms with van der Waals surface area (Å²) in [6, 6.07) is 9.97. The van der Waals surface area contributed by atoms with Gasteiger partial charge in [0.15, 0.2) is 8.68 Å². The number of aromatic nitrogens is 2. The second-order valence-electron chi connectivity index (χ2n) is 5.85. The molecule has 0 aliphatic carbocycles. The third-order valence-electron chi connectivity index (χ3n) is 3.86. The molecule has 2 aromatic rings. The Balaban J connectivity index is 1.78. The van der Waals surface area contributed by atoms with E-state index in [1.807, 2.05) is 51.2 Å². The van der Waals surface area contributed by atoms with Gasteiger partial charge in [-0.25, -0.2) is 0 Å². The molecule has 0 bridgehead atoms. The number of hydrogen-bond acceptors (Lipinski definition) is 7. The second kappa shape index (κ2) is 11.3. The molecule has 0 saturated heterocycles. The summed E-state index contributed by atoms with van der Waals surface area (Å²) in [5.74, 6) is 0.678. The molecule has 0 radical (unpaired) electrons. The van der Waals surface area contributed by atoms with Crippen molar-refractivity contribution in [3.63, 3.8) is 0 Å². The number of nitrogens with zero attached hydrogens (tertiary/aromatic N) is 3. The Kier molecular flexibility index (Phi) is 9.09. The molecule has 2 rings (SSSR count). The quantitative estimate of drug-likeness (QED) is 0.589. The third-order valence-corrected chi connectivity index (χ3v) is 7.04. The number of benzene rings is 1.